The standard InChI is InChI=1S/C22H24N4O2/c27-20(25-26-21(28)18-2-1-4-23-13-18)17-3-5-24-19(9-17)22-10-14-6-15(11-22)8-16(7-14)12-22/h1-5,9,13-16H,6-8,10-12H2,(H,25,27)(H,26,28). The summed E-state index contributed by atoms with van der Waals surface area (Å²) in [5, 5.41) is 0. The monoisotopic (exact) mass is 376 g/mol. The molecule has 6 nitrogen and oxygen atoms in total. The molecule has 0 aliphatic heterocycles. The average Bonchev–Trinajstić information content (AvgIpc) is 2.71. The van der Waals surface area contributed by atoms with E-state index in [9.17, 15) is 9.59 Å². The minimum atomic E-state index is -0.392. The lowest BCUT2D eigenvalue weighted by Gasteiger charge is -2.56. The van der Waals surface area contributed by atoms with Gasteiger partial charge in [0.15, 0.2) is 0 Å². The van der Waals surface area contributed by atoms with Gasteiger partial charge in [0, 0.05) is 35.3 Å². The topological polar surface area (TPSA) is 84.0 Å². The van der Waals surface area contributed by atoms with Gasteiger partial charge >= 0.3 is 0 Å². The van der Waals surface area contributed by atoms with E-state index in [1.807, 2.05) is 6.07 Å². The molecule has 28 heavy (non-hydrogen) atoms. The first-order valence-electron chi connectivity index (χ1n) is 10.1. The molecule has 4 bridgehead atoms. The van der Waals surface area contributed by atoms with E-state index in [0.29, 0.717) is 11.1 Å². The Kier molecular flexibility index (Phi) is 4.14. The van der Waals surface area contributed by atoms with E-state index in [0.717, 1.165) is 23.4 Å². The summed E-state index contributed by atoms with van der Waals surface area (Å²) >= 11 is 0. The molecule has 4 aliphatic rings. The van der Waals surface area contributed by atoms with Crippen molar-refractivity contribution in [1.29, 1.82) is 0 Å². The summed E-state index contributed by atoms with van der Waals surface area (Å²) in [5.41, 5.74) is 7.08. The van der Waals surface area contributed by atoms with Crippen molar-refractivity contribution in [2.45, 2.75) is 43.9 Å². The zero-order valence-corrected chi connectivity index (χ0v) is 15.7. The Bertz CT molecular complexity index is 876. The third-order valence-corrected chi connectivity index (χ3v) is 6.82. The molecule has 4 aliphatic carbocycles. The van der Waals surface area contributed by atoms with Crippen LogP contribution in [0.3, 0.4) is 0 Å². The second-order valence-electron chi connectivity index (χ2n) is 8.78. The molecule has 0 unspecified atom stereocenters. The lowest BCUT2D eigenvalue weighted by molar-refractivity contribution is -0.00722. The zero-order chi connectivity index (χ0) is 19.1. The Balaban J connectivity index is 1.31. The molecule has 6 rings (SSSR count). The maximum Gasteiger partial charge on any atom is 0.271 e. The van der Waals surface area contributed by atoms with Crippen molar-refractivity contribution in [3.63, 3.8) is 0 Å². The zero-order valence-electron chi connectivity index (χ0n) is 15.7. The fraction of sp³-hybridized carbons (Fsp3) is 0.455. The Labute approximate surface area is 164 Å². The van der Waals surface area contributed by atoms with Crippen LogP contribution >= 0.6 is 0 Å². The van der Waals surface area contributed by atoms with E-state index in [1.54, 1.807) is 30.6 Å². The van der Waals surface area contributed by atoms with Crippen molar-refractivity contribution in [1.82, 2.24) is 20.8 Å². The van der Waals surface area contributed by atoms with Crippen molar-refractivity contribution in [2.75, 3.05) is 0 Å². The highest BCUT2D eigenvalue weighted by molar-refractivity contribution is 5.98. The predicted octanol–water partition coefficient (Wildman–Crippen LogP) is 3.02. The van der Waals surface area contributed by atoms with Crippen molar-refractivity contribution < 1.29 is 9.59 Å². The Morgan fingerprint density at radius 3 is 2.14 bits per heavy atom. The lowest BCUT2D eigenvalue weighted by atomic mass is 9.48. The summed E-state index contributed by atoms with van der Waals surface area (Å²) < 4.78 is 0. The largest absolute Gasteiger partial charge is 0.271 e. The highest BCUT2D eigenvalue weighted by Gasteiger charge is 2.52. The number of hydrazine groups is 1. The number of amides is 2. The smallest absolute Gasteiger partial charge is 0.267 e. The molecule has 0 atom stereocenters. The van der Waals surface area contributed by atoms with Crippen LogP contribution in [0.15, 0.2) is 42.9 Å². The molecule has 2 amide bonds. The van der Waals surface area contributed by atoms with Crippen LogP contribution in [0.5, 0.6) is 0 Å². The highest BCUT2D eigenvalue weighted by Crippen LogP contribution is 2.60. The van der Waals surface area contributed by atoms with Crippen molar-refractivity contribution in [3.8, 4) is 0 Å². The Morgan fingerprint density at radius 1 is 0.893 bits per heavy atom. The van der Waals surface area contributed by atoms with Crippen molar-refractivity contribution in [2.24, 2.45) is 17.8 Å². The van der Waals surface area contributed by atoms with Gasteiger partial charge in [-0.25, -0.2) is 0 Å². The predicted molar refractivity (Wildman–Crippen MR) is 103 cm³/mol. The number of carbonyl (C=O) groups excluding carboxylic acids is 2. The molecular weight excluding hydrogens is 352 g/mol. The maximum atomic E-state index is 12.6. The van der Waals surface area contributed by atoms with E-state index in [4.69, 9.17) is 0 Å². The number of rotatable bonds is 3. The molecule has 0 radical (unpaired) electrons. The fourth-order valence-corrected chi connectivity index (χ4v) is 6.04. The van der Waals surface area contributed by atoms with Gasteiger partial charge in [0.1, 0.15) is 0 Å². The first-order valence-corrected chi connectivity index (χ1v) is 10.1. The third kappa shape index (κ3) is 3.07. The van der Waals surface area contributed by atoms with E-state index in [-0.39, 0.29) is 11.3 Å². The van der Waals surface area contributed by atoms with E-state index in [1.165, 1.54) is 44.7 Å². The summed E-state index contributed by atoms with van der Waals surface area (Å²) in [6.07, 6.45) is 12.5. The molecule has 4 saturated carbocycles. The molecule has 2 N–H and O–H groups in total. The molecule has 0 aromatic carbocycles. The van der Waals surface area contributed by atoms with E-state index >= 15 is 0 Å². The SMILES string of the molecule is O=C(NNC(=O)c1ccnc(C23CC4CC(CC(C4)C2)C3)c1)c1cccnc1. The van der Waals surface area contributed by atoms with Gasteiger partial charge in [-0.05, 0) is 80.5 Å². The van der Waals surface area contributed by atoms with Crippen LogP contribution in [0.1, 0.15) is 64.9 Å². The number of nitrogens with zero attached hydrogens (tertiary/aromatic N) is 2. The van der Waals surface area contributed by atoms with E-state index < -0.39 is 5.91 Å². The van der Waals surface area contributed by atoms with Gasteiger partial charge in [0.25, 0.3) is 11.8 Å². The summed E-state index contributed by atoms with van der Waals surface area (Å²) in [6.45, 7) is 0. The lowest BCUT2D eigenvalue weighted by Crippen LogP contribution is -2.49. The molecule has 6 heteroatoms. The van der Waals surface area contributed by atoms with Crippen LogP contribution in [0.25, 0.3) is 0 Å². The third-order valence-electron chi connectivity index (χ3n) is 6.82. The van der Waals surface area contributed by atoms with Crippen LogP contribution in [0, 0.1) is 17.8 Å². The summed E-state index contributed by atoms with van der Waals surface area (Å²) in [4.78, 5) is 33.3. The fourth-order valence-electron chi connectivity index (χ4n) is 6.04. The molecule has 2 heterocycles. The molecule has 2 aromatic heterocycles. The summed E-state index contributed by atoms with van der Waals surface area (Å²) in [5.74, 6) is 1.75. The van der Waals surface area contributed by atoms with Crippen LogP contribution < -0.4 is 10.9 Å². The molecular formula is C22H24N4O2. The molecule has 144 valence electrons. The van der Waals surface area contributed by atoms with Gasteiger partial charge in [-0.3, -0.25) is 30.4 Å². The summed E-state index contributed by atoms with van der Waals surface area (Å²) in [6, 6.07) is 6.96. The number of pyridine rings is 2. The number of nitrogens with one attached hydrogen (secondary N) is 2. The van der Waals surface area contributed by atoms with Crippen LogP contribution in [-0.4, -0.2) is 21.8 Å². The first-order chi connectivity index (χ1) is 13.6. The second kappa shape index (κ2) is 6.69. The van der Waals surface area contributed by atoms with Gasteiger partial charge in [-0.1, -0.05) is 0 Å². The Hall–Kier alpha value is -2.76. The summed E-state index contributed by atoms with van der Waals surface area (Å²) in [7, 11) is 0. The number of carbonyl (C=O) groups is 2. The molecule has 2 aromatic rings. The van der Waals surface area contributed by atoms with Crippen LogP contribution in [-0.2, 0) is 5.41 Å². The second-order valence-corrected chi connectivity index (χ2v) is 8.78. The Morgan fingerprint density at radius 2 is 1.54 bits per heavy atom. The van der Waals surface area contributed by atoms with Gasteiger partial charge < -0.3 is 0 Å². The molecule has 0 saturated heterocycles. The normalized spacial score (nSPS) is 30.1. The quantitative estimate of drug-likeness (QED) is 0.807. The van der Waals surface area contributed by atoms with E-state index in [2.05, 4.69) is 20.8 Å². The number of hydrogen-bond donors (Lipinski definition) is 2. The van der Waals surface area contributed by atoms with Gasteiger partial charge in [0.2, 0.25) is 0 Å². The highest BCUT2D eigenvalue weighted by atomic mass is 16.2. The number of hydrogen-bond acceptors (Lipinski definition) is 4. The van der Waals surface area contributed by atoms with Gasteiger partial charge in [-0.15, -0.1) is 0 Å². The van der Waals surface area contributed by atoms with Gasteiger partial charge in [0.05, 0.1) is 5.56 Å². The number of aromatic nitrogens is 2. The first kappa shape index (κ1) is 17.3. The van der Waals surface area contributed by atoms with Crippen LogP contribution in [0.2, 0.25) is 0 Å². The van der Waals surface area contributed by atoms with Crippen LogP contribution in [0.4, 0.5) is 0 Å². The minimum Gasteiger partial charge on any atom is -0.267 e. The minimum absolute atomic E-state index is 0.143. The maximum absolute atomic E-state index is 12.6. The molecule has 4 fully saturated rings. The van der Waals surface area contributed by atoms with Gasteiger partial charge in [-0.2, -0.15) is 0 Å². The van der Waals surface area contributed by atoms with Crippen molar-refractivity contribution in [3.05, 3.63) is 59.7 Å². The van der Waals surface area contributed by atoms with Crippen molar-refractivity contribution >= 4 is 11.8 Å². The molecule has 0 spiro atoms. The average molecular weight is 376 g/mol.